The predicted molar refractivity (Wildman–Crippen MR) is 51.2 cm³/mol. The van der Waals surface area contributed by atoms with Gasteiger partial charge in [-0.05, 0) is 24.7 Å². The molecule has 0 fully saturated rings. The number of carbonyl (C=O) groups is 1. The molecule has 0 heterocycles. The Labute approximate surface area is 81.3 Å². The van der Waals surface area contributed by atoms with E-state index in [1.165, 1.54) is 6.07 Å². The molecule has 0 radical (unpaired) electrons. The summed E-state index contributed by atoms with van der Waals surface area (Å²) >= 11 is 5.68. The van der Waals surface area contributed by atoms with Gasteiger partial charge in [-0.15, -0.1) is 0 Å². The average Bonchev–Trinajstić information content (AvgIpc) is 2.08. The molecule has 0 aliphatic heterocycles. The highest BCUT2D eigenvalue weighted by atomic mass is 35.5. The van der Waals surface area contributed by atoms with E-state index in [1.807, 2.05) is 0 Å². The van der Waals surface area contributed by atoms with E-state index >= 15 is 0 Å². The highest BCUT2D eigenvalue weighted by Crippen LogP contribution is 2.15. The lowest BCUT2D eigenvalue weighted by molar-refractivity contribution is 0.0695. The molecule has 0 amide bonds. The maximum Gasteiger partial charge on any atom is 0.336 e. The first kappa shape index (κ1) is 10.0. The fourth-order valence-electron chi connectivity index (χ4n) is 1.09. The lowest BCUT2D eigenvalue weighted by atomic mass is 10.1. The van der Waals surface area contributed by atoms with Crippen LogP contribution in [-0.4, -0.2) is 18.1 Å². The first-order valence-corrected chi connectivity index (χ1v) is 4.19. The minimum atomic E-state index is -0.951. The zero-order valence-corrected chi connectivity index (χ0v) is 7.93. The highest BCUT2D eigenvalue weighted by molar-refractivity contribution is 6.30. The largest absolute Gasteiger partial charge is 0.478 e. The molecule has 0 unspecified atom stereocenters. The summed E-state index contributed by atoms with van der Waals surface area (Å²) < 4.78 is 0. The molecule has 1 aromatic rings. The van der Waals surface area contributed by atoms with Crippen LogP contribution in [0.1, 0.15) is 15.9 Å². The van der Waals surface area contributed by atoms with Crippen molar-refractivity contribution in [2.24, 2.45) is 0 Å². The molecule has 1 rings (SSSR count). The molecule has 13 heavy (non-hydrogen) atoms. The van der Waals surface area contributed by atoms with Crippen molar-refractivity contribution in [3.05, 3.63) is 34.3 Å². The van der Waals surface area contributed by atoms with Gasteiger partial charge in [0.15, 0.2) is 0 Å². The number of nitrogens with one attached hydrogen (secondary N) is 1. The molecule has 4 heteroatoms. The first-order valence-electron chi connectivity index (χ1n) is 3.81. The van der Waals surface area contributed by atoms with Crippen LogP contribution < -0.4 is 5.32 Å². The molecule has 0 saturated carbocycles. The quantitative estimate of drug-likeness (QED) is 0.780. The monoisotopic (exact) mass is 199 g/mol. The van der Waals surface area contributed by atoms with Gasteiger partial charge in [-0.1, -0.05) is 17.7 Å². The molecule has 0 aliphatic carbocycles. The van der Waals surface area contributed by atoms with Crippen LogP contribution in [0.5, 0.6) is 0 Å². The van der Waals surface area contributed by atoms with Crippen LogP contribution in [0.2, 0.25) is 5.02 Å². The van der Waals surface area contributed by atoms with Gasteiger partial charge in [0, 0.05) is 11.6 Å². The van der Waals surface area contributed by atoms with Crippen molar-refractivity contribution in [3.8, 4) is 0 Å². The van der Waals surface area contributed by atoms with Crippen molar-refractivity contribution in [1.82, 2.24) is 5.32 Å². The van der Waals surface area contributed by atoms with Crippen molar-refractivity contribution in [1.29, 1.82) is 0 Å². The Morgan fingerprint density at radius 2 is 2.31 bits per heavy atom. The smallest absolute Gasteiger partial charge is 0.336 e. The molecule has 0 aliphatic rings. The topological polar surface area (TPSA) is 49.3 Å². The summed E-state index contributed by atoms with van der Waals surface area (Å²) in [6, 6.07) is 4.85. The van der Waals surface area contributed by atoms with Crippen molar-refractivity contribution in [3.63, 3.8) is 0 Å². The zero-order valence-electron chi connectivity index (χ0n) is 7.17. The van der Waals surface area contributed by atoms with E-state index in [0.717, 1.165) is 5.56 Å². The van der Waals surface area contributed by atoms with E-state index in [4.69, 9.17) is 16.7 Å². The Morgan fingerprint density at radius 3 is 2.85 bits per heavy atom. The Balaban J connectivity index is 3.10. The van der Waals surface area contributed by atoms with Crippen LogP contribution in [0, 0.1) is 0 Å². The number of hydrogen-bond acceptors (Lipinski definition) is 2. The first-order chi connectivity index (χ1) is 6.15. The van der Waals surface area contributed by atoms with Gasteiger partial charge in [-0.25, -0.2) is 4.79 Å². The third-order valence-corrected chi connectivity index (χ3v) is 1.90. The standard InChI is InChI=1S/C9H10ClNO2/c1-11-5-6-2-3-7(10)4-8(6)9(12)13/h2-4,11H,5H2,1H3,(H,12,13). The maximum atomic E-state index is 10.8. The average molecular weight is 200 g/mol. The molecule has 0 aromatic heterocycles. The van der Waals surface area contributed by atoms with Crippen LogP contribution in [0.15, 0.2) is 18.2 Å². The van der Waals surface area contributed by atoms with E-state index in [-0.39, 0.29) is 5.56 Å². The van der Waals surface area contributed by atoms with Gasteiger partial charge in [0.2, 0.25) is 0 Å². The minimum absolute atomic E-state index is 0.252. The van der Waals surface area contributed by atoms with Crippen molar-refractivity contribution >= 4 is 17.6 Å². The van der Waals surface area contributed by atoms with E-state index in [1.54, 1.807) is 19.2 Å². The van der Waals surface area contributed by atoms with E-state index in [2.05, 4.69) is 5.32 Å². The molecule has 3 nitrogen and oxygen atoms in total. The number of hydrogen-bond donors (Lipinski definition) is 2. The number of carboxylic acid groups (broad SMARTS) is 1. The summed E-state index contributed by atoms with van der Waals surface area (Å²) in [5.41, 5.74) is 0.987. The molecular formula is C9H10ClNO2. The van der Waals surface area contributed by atoms with Gasteiger partial charge >= 0.3 is 5.97 Å². The maximum absolute atomic E-state index is 10.8. The van der Waals surface area contributed by atoms with E-state index in [0.29, 0.717) is 11.6 Å². The summed E-state index contributed by atoms with van der Waals surface area (Å²) in [7, 11) is 1.76. The van der Waals surface area contributed by atoms with Crippen molar-refractivity contribution in [2.45, 2.75) is 6.54 Å². The van der Waals surface area contributed by atoms with Crippen molar-refractivity contribution < 1.29 is 9.90 Å². The third-order valence-electron chi connectivity index (χ3n) is 1.67. The number of carboxylic acids is 1. The number of rotatable bonds is 3. The van der Waals surface area contributed by atoms with Gasteiger partial charge in [0.05, 0.1) is 5.56 Å². The van der Waals surface area contributed by atoms with Gasteiger partial charge in [-0.3, -0.25) is 0 Å². The van der Waals surface area contributed by atoms with Gasteiger partial charge in [0.1, 0.15) is 0 Å². The fourth-order valence-corrected chi connectivity index (χ4v) is 1.26. The third kappa shape index (κ3) is 2.44. The summed E-state index contributed by atoms with van der Waals surface area (Å²) in [5, 5.41) is 12.2. The lowest BCUT2D eigenvalue weighted by Gasteiger charge is -2.04. The van der Waals surface area contributed by atoms with Crippen LogP contribution in [0.3, 0.4) is 0 Å². The van der Waals surface area contributed by atoms with Gasteiger partial charge < -0.3 is 10.4 Å². The lowest BCUT2D eigenvalue weighted by Crippen LogP contribution is -2.10. The minimum Gasteiger partial charge on any atom is -0.478 e. The van der Waals surface area contributed by atoms with Crippen LogP contribution in [0.25, 0.3) is 0 Å². The molecule has 1 aromatic carbocycles. The Morgan fingerprint density at radius 1 is 1.62 bits per heavy atom. The molecule has 0 atom stereocenters. The van der Waals surface area contributed by atoms with Crippen LogP contribution >= 0.6 is 11.6 Å². The molecule has 0 bridgehead atoms. The second kappa shape index (κ2) is 4.25. The van der Waals surface area contributed by atoms with Gasteiger partial charge in [-0.2, -0.15) is 0 Å². The summed E-state index contributed by atoms with van der Waals surface area (Å²) in [6.45, 7) is 0.527. The Bertz CT molecular complexity index is 325. The molecule has 0 spiro atoms. The number of benzene rings is 1. The second-order valence-corrected chi connectivity index (χ2v) is 3.07. The number of halogens is 1. The van der Waals surface area contributed by atoms with Crippen molar-refractivity contribution in [2.75, 3.05) is 7.05 Å². The van der Waals surface area contributed by atoms with Gasteiger partial charge in [0.25, 0.3) is 0 Å². The molecule has 0 saturated heterocycles. The van der Waals surface area contributed by atoms with Crippen LogP contribution in [0.4, 0.5) is 0 Å². The van der Waals surface area contributed by atoms with E-state index < -0.39 is 5.97 Å². The Kier molecular flexibility index (Phi) is 3.28. The number of aromatic carboxylic acids is 1. The van der Waals surface area contributed by atoms with Crippen LogP contribution in [-0.2, 0) is 6.54 Å². The summed E-state index contributed by atoms with van der Waals surface area (Å²) in [4.78, 5) is 10.8. The predicted octanol–water partition coefficient (Wildman–Crippen LogP) is 1.76. The van der Waals surface area contributed by atoms with E-state index in [9.17, 15) is 4.79 Å². The molecule has 70 valence electrons. The normalized spacial score (nSPS) is 10.0. The summed E-state index contributed by atoms with van der Waals surface area (Å²) in [5.74, 6) is -0.951. The summed E-state index contributed by atoms with van der Waals surface area (Å²) in [6.07, 6.45) is 0. The highest BCUT2D eigenvalue weighted by Gasteiger charge is 2.09. The Hall–Kier alpha value is -1.06. The molecular weight excluding hydrogens is 190 g/mol. The second-order valence-electron chi connectivity index (χ2n) is 2.64. The fraction of sp³-hybridized carbons (Fsp3) is 0.222. The molecule has 2 N–H and O–H groups in total. The SMILES string of the molecule is CNCc1ccc(Cl)cc1C(=O)O. The zero-order chi connectivity index (χ0) is 9.84.